The van der Waals surface area contributed by atoms with E-state index in [-0.39, 0.29) is 24.6 Å². The number of aryl methyl sites for hydroxylation is 2. The van der Waals surface area contributed by atoms with Crippen LogP contribution in [0, 0.1) is 25.7 Å². The van der Waals surface area contributed by atoms with Gasteiger partial charge < -0.3 is 20.4 Å². The highest BCUT2D eigenvalue weighted by molar-refractivity contribution is 5.97. The fourth-order valence-electron chi connectivity index (χ4n) is 6.41. The zero-order valence-electron chi connectivity index (χ0n) is 22.8. The van der Waals surface area contributed by atoms with Gasteiger partial charge in [0.05, 0.1) is 12.6 Å². The van der Waals surface area contributed by atoms with E-state index in [4.69, 9.17) is 0 Å². The number of aliphatic hydroxyl groups is 1. The van der Waals surface area contributed by atoms with E-state index >= 15 is 0 Å². The van der Waals surface area contributed by atoms with Crippen molar-refractivity contribution in [1.29, 1.82) is 0 Å². The zero-order chi connectivity index (χ0) is 27.1. The van der Waals surface area contributed by atoms with Gasteiger partial charge in [0.1, 0.15) is 0 Å². The molecule has 2 heterocycles. The fourth-order valence-corrected chi connectivity index (χ4v) is 6.41. The molecule has 38 heavy (non-hydrogen) atoms. The molecular formula is C31H43N3O4. The normalized spacial score (nSPS) is 22.3. The quantitative estimate of drug-likeness (QED) is 0.476. The first-order valence-electron chi connectivity index (χ1n) is 14.1. The molecule has 0 spiro atoms. The minimum Gasteiger partial charge on any atom is -0.465 e. The van der Waals surface area contributed by atoms with E-state index in [1.807, 2.05) is 67.3 Å². The molecule has 3 unspecified atom stereocenters. The molecule has 7 heteroatoms. The fraction of sp³-hybridized carbons (Fsp3) is 0.548. The summed E-state index contributed by atoms with van der Waals surface area (Å²) in [5, 5.41) is 22.1. The lowest BCUT2D eigenvalue weighted by Gasteiger charge is -2.31. The predicted molar refractivity (Wildman–Crippen MR) is 149 cm³/mol. The number of likely N-dealkylation sites (tertiary alicyclic amines) is 2. The van der Waals surface area contributed by atoms with E-state index < -0.39 is 6.09 Å². The van der Waals surface area contributed by atoms with Crippen molar-refractivity contribution in [3.63, 3.8) is 0 Å². The van der Waals surface area contributed by atoms with Crippen LogP contribution in [-0.4, -0.2) is 70.8 Å². The zero-order valence-corrected chi connectivity index (χ0v) is 22.8. The number of hydrogen-bond donors (Lipinski definition) is 3. The summed E-state index contributed by atoms with van der Waals surface area (Å²) in [4.78, 5) is 28.8. The number of carbonyl (C=O) groups excluding carboxylic acids is 1. The van der Waals surface area contributed by atoms with Crippen molar-refractivity contribution < 1.29 is 19.8 Å². The van der Waals surface area contributed by atoms with E-state index in [0.717, 1.165) is 48.4 Å². The summed E-state index contributed by atoms with van der Waals surface area (Å²) in [6, 6.07) is 14.9. The molecule has 2 aliphatic heterocycles. The lowest BCUT2D eigenvalue weighted by atomic mass is 9.98. The second-order valence-electron chi connectivity index (χ2n) is 11.2. The van der Waals surface area contributed by atoms with Crippen molar-refractivity contribution >= 4 is 12.0 Å². The summed E-state index contributed by atoms with van der Waals surface area (Å²) in [5.41, 5.74) is 3.73. The van der Waals surface area contributed by atoms with Crippen LogP contribution in [0.1, 0.15) is 71.6 Å². The molecule has 5 rings (SSSR count). The van der Waals surface area contributed by atoms with Crippen LogP contribution in [0.4, 0.5) is 4.79 Å². The van der Waals surface area contributed by atoms with Gasteiger partial charge in [0.15, 0.2) is 0 Å². The topological polar surface area (TPSA) is 93.1 Å². The lowest BCUT2D eigenvalue weighted by molar-refractivity contribution is 0.0752. The number of nitrogens with one attached hydrogen (secondary N) is 1. The summed E-state index contributed by atoms with van der Waals surface area (Å²) < 4.78 is 0. The van der Waals surface area contributed by atoms with E-state index in [1.165, 1.54) is 32.1 Å². The summed E-state index contributed by atoms with van der Waals surface area (Å²) >= 11 is 0. The van der Waals surface area contributed by atoms with Crippen LogP contribution >= 0.6 is 0 Å². The molecule has 2 aromatic rings. The summed E-state index contributed by atoms with van der Waals surface area (Å²) in [5.74, 6) is 0.852. The van der Waals surface area contributed by atoms with E-state index in [9.17, 15) is 19.8 Å². The molecule has 1 saturated carbocycles. The van der Waals surface area contributed by atoms with Crippen molar-refractivity contribution in [2.75, 3.05) is 32.8 Å². The van der Waals surface area contributed by atoms with Gasteiger partial charge in [-0.25, -0.2) is 4.79 Å². The van der Waals surface area contributed by atoms with Crippen molar-refractivity contribution in [3.8, 4) is 0 Å². The highest BCUT2D eigenvalue weighted by Crippen LogP contribution is 2.35. The van der Waals surface area contributed by atoms with Gasteiger partial charge in [-0.05, 0) is 48.8 Å². The maximum atomic E-state index is 13.2. The molecule has 4 atom stereocenters. The first kappa shape index (κ1) is 28.1. The van der Waals surface area contributed by atoms with Gasteiger partial charge in [-0.3, -0.25) is 9.69 Å². The molecule has 0 aromatic heterocycles. The Morgan fingerprint density at radius 2 is 1.42 bits per heavy atom. The Morgan fingerprint density at radius 1 is 0.868 bits per heavy atom. The number of carboxylic acid groups (broad SMARTS) is 1. The number of nitrogens with zero attached hydrogens (tertiary/aromatic N) is 2. The van der Waals surface area contributed by atoms with Gasteiger partial charge in [-0.15, -0.1) is 0 Å². The van der Waals surface area contributed by atoms with Crippen LogP contribution in [0.15, 0.2) is 48.5 Å². The Hall–Kier alpha value is -2.90. The van der Waals surface area contributed by atoms with Crippen LogP contribution in [-0.2, 0) is 0 Å². The standard InChI is InChI=1S/C26H33N3O4.C5H10/c1-17-7-6-8-18(2)24(17)25(31)29-14-20-12-28(13-21(20)15-29)22(16-30)11-23(27-26(32)33)19-9-4-3-5-10-19;1-2-4-5-3-1/h3-10,20-23,27,30H,11-16H2,1-2H3,(H,32,33);1-5H2/t20?,21?,22-,23?;/m0./s1. The highest BCUT2D eigenvalue weighted by Gasteiger charge is 2.44. The Labute approximate surface area is 226 Å². The van der Waals surface area contributed by atoms with E-state index in [2.05, 4.69) is 10.2 Å². The first-order valence-corrected chi connectivity index (χ1v) is 14.1. The second-order valence-corrected chi connectivity index (χ2v) is 11.2. The van der Waals surface area contributed by atoms with Crippen molar-refractivity contribution in [1.82, 2.24) is 15.1 Å². The molecule has 2 saturated heterocycles. The molecule has 7 nitrogen and oxygen atoms in total. The maximum Gasteiger partial charge on any atom is 0.405 e. The minimum atomic E-state index is -1.07. The number of aliphatic hydroxyl groups excluding tert-OH is 1. The van der Waals surface area contributed by atoms with Crippen molar-refractivity contribution in [2.24, 2.45) is 11.8 Å². The monoisotopic (exact) mass is 521 g/mol. The third-order valence-corrected chi connectivity index (χ3v) is 8.48. The molecule has 1 aliphatic carbocycles. The van der Waals surface area contributed by atoms with Crippen molar-refractivity contribution in [3.05, 3.63) is 70.8 Å². The third kappa shape index (κ3) is 6.94. The number of fused-ring (bicyclic) bond motifs is 1. The van der Waals surface area contributed by atoms with Crippen LogP contribution in [0.2, 0.25) is 0 Å². The van der Waals surface area contributed by atoms with Crippen LogP contribution in [0.25, 0.3) is 0 Å². The van der Waals surface area contributed by atoms with Crippen LogP contribution in [0.5, 0.6) is 0 Å². The highest BCUT2D eigenvalue weighted by atomic mass is 16.4. The van der Waals surface area contributed by atoms with Gasteiger partial charge in [0.2, 0.25) is 0 Å². The predicted octanol–water partition coefficient (Wildman–Crippen LogP) is 5.02. The molecule has 0 radical (unpaired) electrons. The maximum absolute atomic E-state index is 13.2. The summed E-state index contributed by atoms with van der Waals surface area (Å²) in [7, 11) is 0. The Balaban J connectivity index is 0.000000603. The number of hydrogen-bond acceptors (Lipinski definition) is 4. The largest absolute Gasteiger partial charge is 0.465 e. The molecule has 3 fully saturated rings. The average molecular weight is 522 g/mol. The van der Waals surface area contributed by atoms with E-state index in [0.29, 0.717) is 18.3 Å². The molecule has 206 valence electrons. The van der Waals surface area contributed by atoms with Gasteiger partial charge >= 0.3 is 6.09 Å². The average Bonchev–Trinajstić information content (AvgIpc) is 3.66. The van der Waals surface area contributed by atoms with Crippen LogP contribution in [0.3, 0.4) is 0 Å². The molecule has 2 amide bonds. The van der Waals surface area contributed by atoms with Gasteiger partial charge in [0.25, 0.3) is 5.91 Å². The van der Waals surface area contributed by atoms with Gasteiger partial charge in [0, 0.05) is 37.8 Å². The summed E-state index contributed by atoms with van der Waals surface area (Å²) in [6.07, 6.45) is 6.93. The number of benzene rings is 2. The number of carbonyl (C=O) groups is 2. The molecule has 2 aromatic carbocycles. The minimum absolute atomic E-state index is 0.0326. The Bertz CT molecular complexity index is 1030. The van der Waals surface area contributed by atoms with Crippen molar-refractivity contribution in [2.45, 2.75) is 64.5 Å². The molecule has 0 bridgehead atoms. The summed E-state index contributed by atoms with van der Waals surface area (Å²) in [6.45, 7) is 7.00. The Kier molecular flexibility index (Phi) is 9.80. The molecular weight excluding hydrogens is 478 g/mol. The number of rotatable bonds is 7. The van der Waals surface area contributed by atoms with Crippen LogP contribution < -0.4 is 5.32 Å². The van der Waals surface area contributed by atoms with E-state index in [1.54, 1.807) is 0 Å². The van der Waals surface area contributed by atoms with Gasteiger partial charge in [-0.1, -0.05) is 80.6 Å². The molecule has 3 N–H and O–H groups in total. The smallest absolute Gasteiger partial charge is 0.405 e. The SMILES string of the molecule is C1CCCC1.Cc1cccc(C)c1C(=O)N1CC2CN([C@H](CO)CC(NC(=O)O)c3ccccc3)CC2C1. The van der Waals surface area contributed by atoms with Gasteiger partial charge in [-0.2, -0.15) is 0 Å². The first-order chi connectivity index (χ1) is 18.4. The number of amides is 2. The molecule has 3 aliphatic rings. The third-order valence-electron chi connectivity index (χ3n) is 8.48. The Morgan fingerprint density at radius 3 is 1.92 bits per heavy atom. The lowest BCUT2D eigenvalue weighted by Crippen LogP contribution is -2.42. The second kappa shape index (κ2) is 13.3.